The van der Waals surface area contributed by atoms with Crippen molar-refractivity contribution in [2.45, 2.75) is 20.1 Å². The van der Waals surface area contributed by atoms with Crippen molar-refractivity contribution >= 4 is 11.9 Å². The highest BCUT2D eigenvalue weighted by atomic mass is 16.8. The van der Waals surface area contributed by atoms with Crippen LogP contribution in [-0.2, 0) is 28.5 Å². The smallest absolute Gasteiger partial charge is 0.389 e. The Hall–Kier alpha value is -1.72. The van der Waals surface area contributed by atoms with Crippen LogP contribution in [0.25, 0.3) is 0 Å². The summed E-state index contributed by atoms with van der Waals surface area (Å²) in [5.74, 6) is -1.36. The lowest BCUT2D eigenvalue weighted by molar-refractivity contribution is -0.176. The van der Waals surface area contributed by atoms with Crippen LogP contribution in [0.4, 0.5) is 0 Å². The average Bonchev–Trinajstić information content (AvgIpc) is 2.52. The molecule has 78 valence electrons. The van der Waals surface area contributed by atoms with Gasteiger partial charge in [-0.1, -0.05) is 0 Å². The highest BCUT2D eigenvalue weighted by Gasteiger charge is 2.30. The largest absolute Gasteiger partial charge is 0.460 e. The summed E-state index contributed by atoms with van der Waals surface area (Å²) in [6.45, 7) is 3.10. The molecule has 1 atom stereocenters. The van der Waals surface area contributed by atoms with Crippen LogP contribution in [0.15, 0.2) is 12.2 Å². The van der Waals surface area contributed by atoms with Gasteiger partial charge in [0, 0.05) is 6.92 Å². The van der Waals surface area contributed by atoms with E-state index in [-0.39, 0.29) is 12.6 Å². The van der Waals surface area contributed by atoms with Gasteiger partial charge in [-0.15, -0.1) is 0 Å². The Balaban J connectivity index is 2.38. The second-order valence-electron chi connectivity index (χ2n) is 2.37. The van der Waals surface area contributed by atoms with Gasteiger partial charge < -0.3 is 18.9 Å². The van der Waals surface area contributed by atoms with Crippen LogP contribution in [0.2, 0.25) is 0 Å². The molecule has 14 heavy (non-hydrogen) atoms. The first-order chi connectivity index (χ1) is 6.63. The van der Waals surface area contributed by atoms with Gasteiger partial charge in [0.2, 0.25) is 0 Å². The lowest BCUT2D eigenvalue weighted by Crippen LogP contribution is -2.24. The van der Waals surface area contributed by atoms with E-state index < -0.39 is 18.2 Å². The minimum Gasteiger partial charge on any atom is -0.460 e. The highest BCUT2D eigenvalue weighted by Crippen LogP contribution is 2.16. The van der Waals surface area contributed by atoms with E-state index in [1.807, 2.05) is 0 Å². The fourth-order valence-corrected chi connectivity index (χ4v) is 0.782. The molecule has 6 nitrogen and oxygen atoms in total. The lowest BCUT2D eigenvalue weighted by Gasteiger charge is -2.09. The first kappa shape index (κ1) is 10.4. The van der Waals surface area contributed by atoms with Crippen molar-refractivity contribution < 1.29 is 28.5 Å². The fraction of sp³-hybridized carbons (Fsp3) is 0.500. The molecule has 1 rings (SSSR count). The van der Waals surface area contributed by atoms with Crippen LogP contribution in [0.3, 0.4) is 0 Å². The Morgan fingerprint density at radius 1 is 1.57 bits per heavy atom. The molecule has 1 aliphatic heterocycles. The van der Waals surface area contributed by atoms with Crippen LogP contribution in [0, 0.1) is 0 Å². The van der Waals surface area contributed by atoms with Gasteiger partial charge in [-0.3, -0.25) is 4.79 Å². The highest BCUT2D eigenvalue weighted by molar-refractivity contribution is 5.74. The summed E-state index contributed by atoms with van der Waals surface area (Å²) in [6, 6.07) is 0. The van der Waals surface area contributed by atoms with E-state index in [1.165, 1.54) is 6.92 Å². The monoisotopic (exact) mass is 202 g/mol. The Bertz CT molecular complexity index is 269. The molecular weight excluding hydrogens is 192 g/mol. The maximum atomic E-state index is 11.0. The summed E-state index contributed by atoms with van der Waals surface area (Å²) < 4.78 is 18.7. The van der Waals surface area contributed by atoms with E-state index in [9.17, 15) is 9.59 Å². The van der Waals surface area contributed by atoms with Crippen molar-refractivity contribution in [1.82, 2.24) is 0 Å². The molecule has 0 aliphatic carbocycles. The third-order valence-electron chi connectivity index (χ3n) is 1.23. The van der Waals surface area contributed by atoms with Gasteiger partial charge in [0.05, 0.1) is 6.61 Å². The van der Waals surface area contributed by atoms with Gasteiger partial charge in [0.1, 0.15) is 0 Å². The third-order valence-corrected chi connectivity index (χ3v) is 1.23. The Labute approximate surface area is 80.4 Å². The molecular formula is C8H10O6. The van der Waals surface area contributed by atoms with E-state index >= 15 is 0 Å². The molecule has 0 aromatic carbocycles. The first-order valence-electron chi connectivity index (χ1n) is 4.00. The van der Waals surface area contributed by atoms with E-state index in [2.05, 4.69) is 9.47 Å². The Kier molecular flexibility index (Phi) is 3.33. The van der Waals surface area contributed by atoms with Crippen LogP contribution in [0.5, 0.6) is 0 Å². The summed E-state index contributed by atoms with van der Waals surface area (Å²) in [6.07, 6.45) is -0.132. The second kappa shape index (κ2) is 4.50. The van der Waals surface area contributed by atoms with Crippen LogP contribution < -0.4 is 0 Å². The third kappa shape index (κ3) is 2.65. The van der Waals surface area contributed by atoms with E-state index in [0.29, 0.717) is 0 Å². The standard InChI is InChI=1S/C8H10O6/c1-3-11-7(10)8-12-4-6(14-8)13-5(2)9/h4,8H,3H2,1-2H3. The number of carbonyl (C=O) groups excluding carboxylic acids is 2. The quantitative estimate of drug-likeness (QED) is 0.612. The predicted octanol–water partition coefficient (Wildman–Crippen LogP) is 0.284. The molecule has 0 aromatic heterocycles. The fourth-order valence-electron chi connectivity index (χ4n) is 0.782. The molecule has 0 spiro atoms. The van der Waals surface area contributed by atoms with Crippen LogP contribution in [0.1, 0.15) is 13.8 Å². The minimum absolute atomic E-state index is 0.143. The second-order valence-corrected chi connectivity index (χ2v) is 2.37. The lowest BCUT2D eigenvalue weighted by atomic mass is 10.6. The summed E-state index contributed by atoms with van der Waals surface area (Å²) >= 11 is 0. The number of hydrogen-bond acceptors (Lipinski definition) is 6. The van der Waals surface area contributed by atoms with Crippen molar-refractivity contribution in [2.24, 2.45) is 0 Å². The molecule has 0 saturated carbocycles. The van der Waals surface area contributed by atoms with Crippen LogP contribution in [-0.4, -0.2) is 24.8 Å². The summed E-state index contributed by atoms with van der Waals surface area (Å²) in [4.78, 5) is 21.5. The molecule has 0 amide bonds. The number of rotatable bonds is 3. The summed E-state index contributed by atoms with van der Waals surface area (Å²) in [5.41, 5.74) is 0. The molecule has 0 aromatic rings. The van der Waals surface area contributed by atoms with Crippen molar-refractivity contribution in [3.8, 4) is 0 Å². The molecule has 1 unspecified atom stereocenters. The van der Waals surface area contributed by atoms with Gasteiger partial charge in [-0.25, -0.2) is 4.79 Å². The first-order valence-corrected chi connectivity index (χ1v) is 4.00. The summed E-state index contributed by atoms with van der Waals surface area (Å²) in [5, 5.41) is 0. The predicted molar refractivity (Wildman–Crippen MR) is 42.4 cm³/mol. The molecule has 0 saturated heterocycles. The minimum atomic E-state index is -1.18. The Morgan fingerprint density at radius 3 is 2.86 bits per heavy atom. The van der Waals surface area contributed by atoms with E-state index in [4.69, 9.17) is 9.47 Å². The average molecular weight is 202 g/mol. The normalized spacial score (nSPS) is 19.0. The van der Waals surface area contributed by atoms with Gasteiger partial charge in [-0.2, -0.15) is 0 Å². The molecule has 0 N–H and O–H groups in total. The van der Waals surface area contributed by atoms with Crippen molar-refractivity contribution in [1.29, 1.82) is 0 Å². The van der Waals surface area contributed by atoms with Gasteiger partial charge >= 0.3 is 24.2 Å². The van der Waals surface area contributed by atoms with Crippen LogP contribution >= 0.6 is 0 Å². The molecule has 0 fully saturated rings. The zero-order valence-electron chi connectivity index (χ0n) is 7.81. The maximum Gasteiger partial charge on any atom is 0.389 e. The van der Waals surface area contributed by atoms with Gasteiger partial charge in [-0.05, 0) is 6.92 Å². The van der Waals surface area contributed by atoms with Gasteiger partial charge in [0.25, 0.3) is 0 Å². The molecule has 0 bridgehead atoms. The molecule has 0 radical (unpaired) electrons. The zero-order valence-corrected chi connectivity index (χ0v) is 7.81. The summed E-state index contributed by atoms with van der Waals surface area (Å²) in [7, 11) is 0. The molecule has 6 heteroatoms. The number of carbonyl (C=O) groups is 2. The maximum absolute atomic E-state index is 11.0. The topological polar surface area (TPSA) is 71.1 Å². The molecule has 1 heterocycles. The number of hydrogen-bond donors (Lipinski definition) is 0. The Morgan fingerprint density at radius 2 is 2.29 bits per heavy atom. The number of ether oxygens (including phenoxy) is 4. The van der Waals surface area contributed by atoms with Crippen molar-refractivity contribution in [3.05, 3.63) is 12.2 Å². The molecule has 1 aliphatic rings. The van der Waals surface area contributed by atoms with Gasteiger partial charge in [0.15, 0.2) is 6.26 Å². The zero-order chi connectivity index (χ0) is 10.6. The van der Waals surface area contributed by atoms with Crippen molar-refractivity contribution in [3.63, 3.8) is 0 Å². The van der Waals surface area contributed by atoms with Crippen molar-refractivity contribution in [2.75, 3.05) is 6.61 Å². The number of esters is 2. The van der Waals surface area contributed by atoms with E-state index in [0.717, 1.165) is 6.26 Å². The van der Waals surface area contributed by atoms with E-state index in [1.54, 1.807) is 6.92 Å². The SMILES string of the molecule is CCOC(=O)C1OC=C(OC(C)=O)O1.